The molecule has 1 aromatic heterocycles. The van der Waals surface area contributed by atoms with Crippen LogP contribution in [0.15, 0.2) is 65.0 Å². The minimum Gasteiger partial charge on any atom is -0.351 e. The highest BCUT2D eigenvalue weighted by atomic mass is 32.1. The predicted octanol–water partition coefficient (Wildman–Crippen LogP) is 4.41. The third kappa shape index (κ3) is 3.18. The maximum Gasteiger partial charge on any atom is 0.323 e. The molecule has 2 amide bonds. The van der Waals surface area contributed by atoms with Gasteiger partial charge < -0.3 is 16.4 Å². The topological polar surface area (TPSA) is 88.0 Å². The number of benzene rings is 2. The second-order valence-electron chi connectivity index (χ2n) is 6.31. The Hall–Kier alpha value is -3.16. The van der Waals surface area contributed by atoms with E-state index < -0.39 is 6.03 Å². The van der Waals surface area contributed by atoms with Crippen LogP contribution in [0.1, 0.15) is 17.3 Å². The quantitative estimate of drug-likeness (QED) is 0.708. The van der Waals surface area contributed by atoms with Crippen LogP contribution < -0.4 is 21.3 Å². The molecule has 0 saturated heterocycles. The number of carbonyl (C=O) groups is 1. The van der Waals surface area contributed by atoms with Crippen LogP contribution in [0, 0.1) is 6.92 Å². The van der Waals surface area contributed by atoms with Crippen molar-refractivity contribution in [3.05, 3.63) is 71.1 Å². The Balaban J connectivity index is 1.64. The zero-order valence-corrected chi connectivity index (χ0v) is 15.6. The van der Waals surface area contributed by atoms with E-state index in [0.29, 0.717) is 5.69 Å². The van der Waals surface area contributed by atoms with Gasteiger partial charge in [-0.15, -0.1) is 11.3 Å². The number of rotatable bonds is 3. The molecule has 0 saturated carbocycles. The predicted molar refractivity (Wildman–Crippen MR) is 111 cm³/mol. The maximum atomic E-state index is 12.1. The lowest BCUT2D eigenvalue weighted by molar-refractivity contribution is 0.256. The smallest absolute Gasteiger partial charge is 0.323 e. The largest absolute Gasteiger partial charge is 0.351 e. The van der Waals surface area contributed by atoms with Crippen LogP contribution >= 0.6 is 11.3 Å². The van der Waals surface area contributed by atoms with E-state index in [-0.39, 0.29) is 6.17 Å². The van der Waals surface area contributed by atoms with Crippen LogP contribution in [0.3, 0.4) is 0 Å². The molecule has 136 valence electrons. The van der Waals surface area contributed by atoms with Crippen LogP contribution in [-0.2, 0) is 0 Å². The molecule has 0 spiro atoms. The molecule has 7 heteroatoms. The number of fused-ring (bicyclic) bond motifs is 1. The van der Waals surface area contributed by atoms with Crippen LogP contribution in [0.2, 0.25) is 0 Å². The van der Waals surface area contributed by atoms with Crippen molar-refractivity contribution >= 4 is 45.8 Å². The molecule has 2 aromatic carbocycles. The molecule has 0 aliphatic carbocycles. The molecule has 0 bridgehead atoms. The first-order valence-corrected chi connectivity index (χ1v) is 9.34. The van der Waals surface area contributed by atoms with Crippen molar-refractivity contribution in [3.63, 3.8) is 0 Å². The number of urea groups is 1. The van der Waals surface area contributed by atoms with Gasteiger partial charge in [0.15, 0.2) is 0 Å². The first-order valence-electron chi connectivity index (χ1n) is 8.46. The van der Waals surface area contributed by atoms with Crippen molar-refractivity contribution in [1.82, 2.24) is 0 Å². The Bertz CT molecular complexity index is 1010. The molecule has 4 rings (SSSR count). The number of hydrogen-bond donors (Lipinski definition) is 2. The Kier molecular flexibility index (Phi) is 4.39. The van der Waals surface area contributed by atoms with E-state index in [0.717, 1.165) is 27.5 Å². The van der Waals surface area contributed by atoms with Crippen molar-refractivity contribution in [2.45, 2.75) is 13.1 Å². The van der Waals surface area contributed by atoms with Crippen molar-refractivity contribution in [1.29, 1.82) is 0 Å². The second-order valence-corrected chi connectivity index (χ2v) is 7.20. The molecule has 1 aliphatic rings. The molecule has 1 atom stereocenters. The van der Waals surface area contributed by atoms with E-state index in [9.17, 15) is 4.79 Å². The number of nitrogens with zero attached hydrogens (tertiary/aromatic N) is 3. The third-order valence-electron chi connectivity index (χ3n) is 4.48. The molecular formula is C20H19N5OS. The summed E-state index contributed by atoms with van der Waals surface area (Å²) in [7, 11) is 0. The third-order valence-corrected chi connectivity index (χ3v) is 5.31. The summed E-state index contributed by atoms with van der Waals surface area (Å²) in [5, 5.41) is 2.93. The van der Waals surface area contributed by atoms with E-state index in [2.05, 4.69) is 4.99 Å². The van der Waals surface area contributed by atoms with Gasteiger partial charge in [0.05, 0.1) is 17.7 Å². The summed E-state index contributed by atoms with van der Waals surface area (Å²) in [4.78, 5) is 19.9. The highest BCUT2D eigenvalue weighted by molar-refractivity contribution is 7.14. The summed E-state index contributed by atoms with van der Waals surface area (Å²) < 4.78 is 0. The number of hydrogen-bond acceptors (Lipinski definition) is 5. The first-order chi connectivity index (χ1) is 13.0. The average molecular weight is 377 g/mol. The minimum absolute atomic E-state index is 0.293. The summed E-state index contributed by atoms with van der Waals surface area (Å²) in [6, 6.07) is 16.6. The van der Waals surface area contributed by atoms with E-state index in [4.69, 9.17) is 11.5 Å². The van der Waals surface area contributed by atoms with Crippen LogP contribution in [0.4, 0.5) is 26.9 Å². The summed E-state index contributed by atoms with van der Waals surface area (Å²) >= 11 is 1.57. The first kappa shape index (κ1) is 17.3. The van der Waals surface area contributed by atoms with Gasteiger partial charge in [-0.25, -0.2) is 9.79 Å². The Morgan fingerprint density at radius 1 is 1.15 bits per heavy atom. The number of thiophene rings is 1. The number of carbonyl (C=O) groups excluding carboxylic acids is 1. The van der Waals surface area contributed by atoms with Crippen molar-refractivity contribution in [2.24, 2.45) is 16.5 Å². The Morgan fingerprint density at radius 3 is 2.63 bits per heavy atom. The molecule has 3 aromatic rings. The van der Waals surface area contributed by atoms with Gasteiger partial charge in [0.1, 0.15) is 11.2 Å². The van der Waals surface area contributed by atoms with Gasteiger partial charge in [0, 0.05) is 11.3 Å². The molecule has 1 aliphatic heterocycles. The van der Waals surface area contributed by atoms with E-state index in [1.54, 1.807) is 17.7 Å². The fourth-order valence-corrected chi connectivity index (χ4v) is 3.93. The zero-order valence-electron chi connectivity index (χ0n) is 14.7. The molecule has 1 unspecified atom stereocenters. The molecule has 27 heavy (non-hydrogen) atoms. The van der Waals surface area contributed by atoms with Crippen molar-refractivity contribution in [2.75, 3.05) is 9.80 Å². The summed E-state index contributed by atoms with van der Waals surface area (Å²) in [6.45, 7) is 1.97. The lowest BCUT2D eigenvalue weighted by Gasteiger charge is -2.30. The standard InChI is InChI=1S/C20H19N5OS/c1-13-3-2-4-16(11-13)25(20(22)26)15-7-5-14(6-8-15)24-12-23-19-17(18(24)21)9-10-27-19/h2-12,18H,21H2,1H3,(H2,22,26). The number of amides is 2. The number of primary amides is 1. The van der Waals surface area contributed by atoms with E-state index in [1.165, 1.54) is 4.90 Å². The SMILES string of the molecule is Cc1cccc(N(C(N)=O)c2ccc(N3C=Nc4sccc4C3N)cc2)c1. The molecule has 0 fully saturated rings. The normalized spacial score (nSPS) is 15.5. The molecule has 0 radical (unpaired) electrons. The number of aryl methyl sites for hydroxylation is 1. The van der Waals surface area contributed by atoms with Gasteiger partial charge in [-0.1, -0.05) is 12.1 Å². The van der Waals surface area contributed by atoms with Crippen LogP contribution in [0.25, 0.3) is 0 Å². The van der Waals surface area contributed by atoms with Crippen LogP contribution in [0.5, 0.6) is 0 Å². The lowest BCUT2D eigenvalue weighted by Crippen LogP contribution is -2.35. The Labute approximate surface area is 161 Å². The second kappa shape index (κ2) is 6.86. The lowest BCUT2D eigenvalue weighted by atomic mass is 10.1. The van der Waals surface area contributed by atoms with Gasteiger partial charge in [-0.05, 0) is 60.3 Å². The van der Waals surface area contributed by atoms with Gasteiger partial charge >= 0.3 is 6.03 Å². The zero-order chi connectivity index (χ0) is 19.0. The molecule has 2 heterocycles. The van der Waals surface area contributed by atoms with E-state index in [1.807, 2.05) is 71.8 Å². The van der Waals surface area contributed by atoms with Gasteiger partial charge in [-0.2, -0.15) is 0 Å². The summed E-state index contributed by atoms with van der Waals surface area (Å²) in [6.07, 6.45) is 1.45. The van der Waals surface area contributed by atoms with Gasteiger partial charge in [0.2, 0.25) is 0 Å². The highest BCUT2D eigenvalue weighted by Gasteiger charge is 2.23. The molecule has 4 N–H and O–H groups in total. The molecular weight excluding hydrogens is 358 g/mol. The van der Waals surface area contributed by atoms with Crippen LogP contribution in [-0.4, -0.2) is 12.4 Å². The van der Waals surface area contributed by atoms with Crippen molar-refractivity contribution in [3.8, 4) is 0 Å². The number of aliphatic imine (C=N–C) groups is 1. The highest BCUT2D eigenvalue weighted by Crippen LogP contribution is 2.37. The fourth-order valence-electron chi connectivity index (χ4n) is 3.15. The summed E-state index contributed by atoms with van der Waals surface area (Å²) in [5.74, 6) is 0. The van der Waals surface area contributed by atoms with Gasteiger partial charge in [-0.3, -0.25) is 4.90 Å². The Morgan fingerprint density at radius 2 is 1.93 bits per heavy atom. The summed E-state index contributed by atoms with van der Waals surface area (Å²) in [5.41, 5.74) is 16.4. The average Bonchev–Trinajstić information content (AvgIpc) is 3.13. The minimum atomic E-state index is -0.535. The monoisotopic (exact) mass is 377 g/mol. The maximum absolute atomic E-state index is 12.1. The van der Waals surface area contributed by atoms with E-state index >= 15 is 0 Å². The fraction of sp³-hybridized carbons (Fsp3) is 0.100. The van der Waals surface area contributed by atoms with Gasteiger partial charge in [0.25, 0.3) is 0 Å². The number of anilines is 3. The number of nitrogens with two attached hydrogens (primary N) is 2. The van der Waals surface area contributed by atoms with Crippen molar-refractivity contribution < 1.29 is 4.79 Å². The molecule has 6 nitrogen and oxygen atoms in total.